The highest BCUT2D eigenvalue weighted by atomic mass is 16.7. The summed E-state index contributed by atoms with van der Waals surface area (Å²) in [7, 11) is 1.37. The number of fused-ring (bicyclic) bond motifs is 2. The molecule has 3 aliphatic rings. The molecule has 4 rings (SSSR count). The molecule has 1 fully saturated rings. The lowest BCUT2D eigenvalue weighted by atomic mass is 9.55. The highest BCUT2D eigenvalue weighted by Gasteiger charge is 2.65. The van der Waals surface area contributed by atoms with Gasteiger partial charge in [-0.2, -0.15) is 0 Å². The van der Waals surface area contributed by atoms with Crippen LogP contribution in [0.2, 0.25) is 0 Å². The van der Waals surface area contributed by atoms with E-state index in [0.717, 1.165) is 36.8 Å². The number of aliphatic hydroxyl groups excluding tert-OH is 2. The zero-order chi connectivity index (χ0) is 35.4. The maximum absolute atomic E-state index is 13.5. The van der Waals surface area contributed by atoms with Crippen LogP contribution in [0.5, 0.6) is 11.5 Å². The van der Waals surface area contributed by atoms with Crippen molar-refractivity contribution in [3.63, 3.8) is 0 Å². The number of ether oxygens (including phenoxy) is 4. The Bertz CT molecular complexity index is 1330. The van der Waals surface area contributed by atoms with Gasteiger partial charge in [0.1, 0.15) is 24.1 Å². The molecular weight excluding hydrogens is 630 g/mol. The molecule has 2 amide bonds. The molecule has 3 N–H and O–H groups in total. The summed E-state index contributed by atoms with van der Waals surface area (Å²) in [4.78, 5) is 33.5. The minimum Gasteiger partial charge on any atom is -0.459 e. The van der Waals surface area contributed by atoms with Crippen LogP contribution < -0.4 is 14.8 Å². The second-order valence-electron chi connectivity index (χ2n) is 12.8. The third-order valence-corrected chi connectivity index (χ3v) is 9.73. The van der Waals surface area contributed by atoms with Crippen LogP contribution in [-0.2, 0) is 14.3 Å². The number of allylic oxidation sites excluding steroid dienone is 1. The Kier molecular flexibility index (Phi) is 14.3. The normalized spacial score (nSPS) is 26.0. The number of aliphatic hydroxyl groups is 2. The molecule has 2 aliphatic carbocycles. The first-order valence-corrected chi connectivity index (χ1v) is 17.8. The fraction of sp³-hybridized carbons (Fsp3) is 0.649. The lowest BCUT2D eigenvalue weighted by Gasteiger charge is -2.59. The van der Waals surface area contributed by atoms with Gasteiger partial charge < -0.3 is 39.3 Å². The molecule has 1 aromatic rings. The lowest BCUT2D eigenvalue weighted by Crippen LogP contribution is -2.70. The van der Waals surface area contributed by atoms with Gasteiger partial charge in [0.25, 0.3) is 0 Å². The molecule has 272 valence electrons. The summed E-state index contributed by atoms with van der Waals surface area (Å²) in [5.41, 5.74) is 2.52. The fourth-order valence-corrected chi connectivity index (χ4v) is 7.87. The first kappa shape index (κ1) is 38.2. The number of hydrogen-bond acceptors (Lipinski definition) is 10. The van der Waals surface area contributed by atoms with Crippen molar-refractivity contribution in [2.75, 3.05) is 46.6 Å². The standard InChI is InChI=1S/C37H55N3O9/c1-6-18-40(36(44)45-5)32-24-30(39-47-9-4)28-22-25(14-10-12-19-41)27(15-11-13-20-42)33-29-23-26(48-35(43)38-8-3)16-17-31(29)49-37(32,34(28)33)46-21-7-2/h7,16-17,22-23,25,27,32-34,41-42H,2,6,8-15,18-21,24H2,1,3-5H3,(H,38,43). The van der Waals surface area contributed by atoms with Gasteiger partial charge in [0, 0.05) is 44.2 Å². The number of carbonyl (C=O) groups excluding carboxylic acids is 2. The van der Waals surface area contributed by atoms with E-state index in [4.69, 9.17) is 23.8 Å². The average molecular weight is 686 g/mol. The van der Waals surface area contributed by atoms with Crippen molar-refractivity contribution in [2.45, 2.75) is 89.9 Å². The van der Waals surface area contributed by atoms with Gasteiger partial charge in [0.15, 0.2) is 0 Å². The van der Waals surface area contributed by atoms with Gasteiger partial charge in [-0.05, 0) is 81.6 Å². The van der Waals surface area contributed by atoms with Gasteiger partial charge in [-0.15, -0.1) is 6.58 Å². The van der Waals surface area contributed by atoms with Gasteiger partial charge in [0.2, 0.25) is 5.79 Å². The molecule has 6 unspecified atom stereocenters. The predicted molar refractivity (Wildman–Crippen MR) is 186 cm³/mol. The maximum Gasteiger partial charge on any atom is 0.412 e. The predicted octanol–water partition coefficient (Wildman–Crippen LogP) is 5.93. The zero-order valence-electron chi connectivity index (χ0n) is 29.5. The van der Waals surface area contributed by atoms with Crippen LogP contribution >= 0.6 is 0 Å². The Balaban J connectivity index is 2.03. The number of carbonyl (C=O) groups is 2. The molecule has 6 atom stereocenters. The van der Waals surface area contributed by atoms with E-state index >= 15 is 0 Å². The third-order valence-electron chi connectivity index (χ3n) is 9.73. The number of benzene rings is 1. The number of hydrogen-bond donors (Lipinski definition) is 3. The molecule has 1 aromatic carbocycles. The minimum absolute atomic E-state index is 0.0536. The Morgan fingerprint density at radius 2 is 1.90 bits per heavy atom. The van der Waals surface area contributed by atoms with Crippen LogP contribution in [0, 0.1) is 17.8 Å². The summed E-state index contributed by atoms with van der Waals surface area (Å²) < 4.78 is 25.0. The largest absolute Gasteiger partial charge is 0.459 e. The van der Waals surface area contributed by atoms with E-state index in [0.29, 0.717) is 62.6 Å². The van der Waals surface area contributed by atoms with Crippen LogP contribution in [0.3, 0.4) is 0 Å². The fourth-order valence-electron chi connectivity index (χ4n) is 7.87. The number of rotatable bonds is 18. The van der Waals surface area contributed by atoms with E-state index in [9.17, 15) is 19.8 Å². The van der Waals surface area contributed by atoms with Crippen molar-refractivity contribution in [1.29, 1.82) is 0 Å². The lowest BCUT2D eigenvalue weighted by molar-refractivity contribution is -0.255. The number of methoxy groups -OCH3 is 1. The van der Waals surface area contributed by atoms with Gasteiger partial charge in [-0.3, -0.25) is 4.90 Å². The van der Waals surface area contributed by atoms with Crippen LogP contribution in [0.4, 0.5) is 9.59 Å². The highest BCUT2D eigenvalue weighted by molar-refractivity contribution is 6.03. The zero-order valence-corrected chi connectivity index (χ0v) is 29.5. The second kappa shape index (κ2) is 18.4. The molecule has 12 nitrogen and oxygen atoms in total. The van der Waals surface area contributed by atoms with Crippen LogP contribution in [-0.4, -0.2) is 91.5 Å². The van der Waals surface area contributed by atoms with Crippen molar-refractivity contribution in [2.24, 2.45) is 22.9 Å². The number of oxime groups is 1. The summed E-state index contributed by atoms with van der Waals surface area (Å²) in [6.45, 7) is 11.2. The van der Waals surface area contributed by atoms with Gasteiger partial charge in [-0.1, -0.05) is 37.1 Å². The molecule has 1 aliphatic heterocycles. The van der Waals surface area contributed by atoms with Gasteiger partial charge in [0.05, 0.1) is 25.3 Å². The average Bonchev–Trinajstić information content (AvgIpc) is 3.10. The topological polar surface area (TPSA) is 148 Å². The molecule has 0 aromatic heterocycles. The Morgan fingerprint density at radius 1 is 1.14 bits per heavy atom. The smallest absolute Gasteiger partial charge is 0.412 e. The number of nitrogens with one attached hydrogen (secondary N) is 1. The van der Waals surface area contributed by atoms with Crippen molar-refractivity contribution < 1.29 is 43.6 Å². The number of nitrogens with zero attached hydrogens (tertiary/aromatic N) is 2. The SMILES string of the molecule is C=CCOC12Oc3ccc(OC(=O)NCC)cc3C3C(CCCCO)C(CCCCO)C=C(C(=NOCC)CC1N(CCC)C(=O)OC)C32. The summed E-state index contributed by atoms with van der Waals surface area (Å²) in [6, 6.07) is 4.75. The van der Waals surface area contributed by atoms with E-state index in [1.807, 2.05) is 32.9 Å². The van der Waals surface area contributed by atoms with Gasteiger partial charge >= 0.3 is 12.2 Å². The summed E-state index contributed by atoms with van der Waals surface area (Å²) >= 11 is 0. The molecular formula is C37H55N3O9. The molecule has 0 bridgehead atoms. The molecule has 0 saturated heterocycles. The summed E-state index contributed by atoms with van der Waals surface area (Å²) in [5, 5.41) is 26.8. The molecule has 1 heterocycles. The quantitative estimate of drug-likeness (QED) is 0.0972. The van der Waals surface area contributed by atoms with Gasteiger partial charge in [-0.25, -0.2) is 9.59 Å². The molecule has 49 heavy (non-hydrogen) atoms. The van der Waals surface area contributed by atoms with E-state index in [-0.39, 0.29) is 37.6 Å². The monoisotopic (exact) mass is 685 g/mol. The summed E-state index contributed by atoms with van der Waals surface area (Å²) in [6.07, 6.45) is 8.48. The Labute approximate surface area is 290 Å². The summed E-state index contributed by atoms with van der Waals surface area (Å²) in [5.74, 6) is -0.930. The number of unbranched alkanes of at least 4 members (excludes halogenated alkanes) is 2. The highest BCUT2D eigenvalue weighted by Crippen LogP contribution is 2.62. The first-order valence-electron chi connectivity index (χ1n) is 17.8. The third kappa shape index (κ3) is 8.41. The Hall–Kier alpha value is -3.61. The van der Waals surface area contributed by atoms with E-state index in [1.165, 1.54) is 7.11 Å². The van der Waals surface area contributed by atoms with Crippen LogP contribution in [0.25, 0.3) is 0 Å². The maximum atomic E-state index is 13.5. The minimum atomic E-state index is -1.36. The van der Waals surface area contributed by atoms with Crippen molar-refractivity contribution in [3.05, 3.63) is 48.1 Å². The molecule has 1 saturated carbocycles. The van der Waals surface area contributed by atoms with Crippen molar-refractivity contribution >= 4 is 17.9 Å². The second-order valence-corrected chi connectivity index (χ2v) is 12.8. The number of amides is 2. The van der Waals surface area contributed by atoms with E-state index in [1.54, 1.807) is 17.0 Å². The van der Waals surface area contributed by atoms with Crippen LogP contribution in [0.1, 0.15) is 83.6 Å². The molecule has 12 heteroatoms. The van der Waals surface area contributed by atoms with E-state index < -0.39 is 29.9 Å². The first-order chi connectivity index (χ1) is 23.8. The van der Waals surface area contributed by atoms with E-state index in [2.05, 4.69) is 23.1 Å². The van der Waals surface area contributed by atoms with Crippen LogP contribution in [0.15, 0.2) is 47.7 Å². The van der Waals surface area contributed by atoms with Crippen molar-refractivity contribution in [3.8, 4) is 11.5 Å². The Morgan fingerprint density at radius 3 is 2.55 bits per heavy atom. The molecule has 0 radical (unpaired) electrons. The molecule has 0 spiro atoms. The van der Waals surface area contributed by atoms with Crippen molar-refractivity contribution in [1.82, 2.24) is 10.2 Å².